The fourth-order valence-electron chi connectivity index (χ4n) is 3.18. The van der Waals surface area contributed by atoms with E-state index in [1.165, 1.54) is 0 Å². The third kappa shape index (κ3) is 4.82. The van der Waals surface area contributed by atoms with E-state index >= 15 is 0 Å². The van der Waals surface area contributed by atoms with Crippen molar-refractivity contribution in [3.05, 3.63) is 71.3 Å². The van der Waals surface area contributed by atoms with Crippen molar-refractivity contribution < 1.29 is 19.1 Å². The fraction of sp³-hybridized carbons (Fsp3) is 0.318. The topological polar surface area (TPSA) is 72.5 Å². The van der Waals surface area contributed by atoms with E-state index in [1.807, 2.05) is 6.07 Å². The number of hydrogen-bond donors (Lipinski definition) is 1. The molecule has 1 aliphatic carbocycles. The van der Waals surface area contributed by atoms with E-state index in [4.69, 9.17) is 4.74 Å². The molecule has 1 saturated carbocycles. The Labute approximate surface area is 158 Å². The Morgan fingerprint density at radius 3 is 2.07 bits per heavy atom. The molecule has 0 aliphatic heterocycles. The van der Waals surface area contributed by atoms with Crippen molar-refractivity contribution in [1.29, 1.82) is 0 Å². The van der Waals surface area contributed by atoms with Crippen LogP contribution in [0.4, 0.5) is 0 Å². The fourth-order valence-corrected chi connectivity index (χ4v) is 3.18. The first-order chi connectivity index (χ1) is 13.0. The number of ether oxygens (including phenoxy) is 1. The Kier molecular flexibility index (Phi) is 6.01. The molecule has 1 amide bonds. The Hall–Kier alpha value is -2.95. The number of nitrogens with one attached hydrogen (secondary N) is 1. The second-order valence-corrected chi connectivity index (χ2v) is 6.81. The normalized spacial score (nSPS) is 15.1. The Bertz CT molecular complexity index is 808. The van der Waals surface area contributed by atoms with E-state index in [-0.39, 0.29) is 17.7 Å². The molecule has 1 aliphatic rings. The van der Waals surface area contributed by atoms with Crippen LogP contribution < -0.4 is 5.32 Å². The summed E-state index contributed by atoms with van der Waals surface area (Å²) in [5.41, 5.74) is 1.38. The van der Waals surface area contributed by atoms with Gasteiger partial charge in [0.05, 0.1) is 5.56 Å². The maximum atomic E-state index is 12.4. The SMILES string of the molecule is C[C@@H](OC(=O)c1ccc(C(=O)c2ccccc2)cc1)C(=O)NC1CCCC1. The number of amides is 1. The average molecular weight is 365 g/mol. The molecule has 2 aromatic rings. The lowest BCUT2D eigenvalue weighted by atomic mass is 10.0. The number of ketones is 1. The molecule has 0 saturated heterocycles. The molecule has 0 radical (unpaired) electrons. The number of benzene rings is 2. The molecule has 1 N–H and O–H groups in total. The van der Waals surface area contributed by atoms with Crippen molar-refractivity contribution in [3.8, 4) is 0 Å². The van der Waals surface area contributed by atoms with Crippen LogP contribution in [0.3, 0.4) is 0 Å². The highest BCUT2D eigenvalue weighted by Gasteiger charge is 2.23. The van der Waals surface area contributed by atoms with Gasteiger partial charge in [0.15, 0.2) is 11.9 Å². The minimum Gasteiger partial charge on any atom is -0.449 e. The average Bonchev–Trinajstić information content (AvgIpc) is 3.21. The lowest BCUT2D eigenvalue weighted by Crippen LogP contribution is -2.40. The molecule has 5 heteroatoms. The standard InChI is InChI=1S/C22H23NO4/c1-15(21(25)23-19-9-5-6-10-19)27-22(26)18-13-11-17(12-14-18)20(24)16-7-3-2-4-8-16/h2-4,7-8,11-15,19H,5-6,9-10H2,1H3,(H,23,25)/t15-/m1/s1. The predicted molar refractivity (Wildman–Crippen MR) is 102 cm³/mol. The molecular weight excluding hydrogens is 342 g/mol. The molecule has 5 nitrogen and oxygen atoms in total. The molecule has 0 spiro atoms. The third-order valence-corrected chi connectivity index (χ3v) is 4.77. The van der Waals surface area contributed by atoms with E-state index in [1.54, 1.807) is 55.5 Å². The van der Waals surface area contributed by atoms with E-state index < -0.39 is 12.1 Å². The van der Waals surface area contributed by atoms with Gasteiger partial charge in [0, 0.05) is 17.2 Å². The van der Waals surface area contributed by atoms with Crippen molar-refractivity contribution in [3.63, 3.8) is 0 Å². The molecule has 27 heavy (non-hydrogen) atoms. The summed E-state index contributed by atoms with van der Waals surface area (Å²) in [7, 11) is 0. The van der Waals surface area contributed by atoms with Gasteiger partial charge in [-0.05, 0) is 31.9 Å². The largest absolute Gasteiger partial charge is 0.449 e. The maximum absolute atomic E-state index is 12.4. The molecule has 2 aromatic carbocycles. The lowest BCUT2D eigenvalue weighted by molar-refractivity contribution is -0.129. The summed E-state index contributed by atoms with van der Waals surface area (Å²) in [5, 5.41) is 2.92. The molecule has 0 aromatic heterocycles. The number of hydrogen-bond acceptors (Lipinski definition) is 4. The minimum absolute atomic E-state index is 0.111. The highest BCUT2D eigenvalue weighted by atomic mass is 16.5. The van der Waals surface area contributed by atoms with Gasteiger partial charge in [-0.15, -0.1) is 0 Å². The van der Waals surface area contributed by atoms with Crippen LogP contribution in [0.5, 0.6) is 0 Å². The number of carbonyl (C=O) groups excluding carboxylic acids is 3. The summed E-state index contributed by atoms with van der Waals surface area (Å²) in [6.07, 6.45) is 3.33. The smallest absolute Gasteiger partial charge is 0.338 e. The van der Waals surface area contributed by atoms with Crippen molar-refractivity contribution in [2.24, 2.45) is 0 Å². The first-order valence-corrected chi connectivity index (χ1v) is 9.26. The summed E-state index contributed by atoms with van der Waals surface area (Å²) < 4.78 is 5.26. The molecular formula is C22H23NO4. The van der Waals surface area contributed by atoms with Gasteiger partial charge in [-0.2, -0.15) is 0 Å². The second kappa shape index (κ2) is 8.62. The highest BCUT2D eigenvalue weighted by Crippen LogP contribution is 2.18. The third-order valence-electron chi connectivity index (χ3n) is 4.77. The Morgan fingerprint density at radius 1 is 0.889 bits per heavy atom. The summed E-state index contributed by atoms with van der Waals surface area (Å²) in [6, 6.07) is 15.4. The minimum atomic E-state index is -0.858. The van der Waals surface area contributed by atoms with E-state index in [2.05, 4.69) is 5.32 Å². The van der Waals surface area contributed by atoms with Gasteiger partial charge in [-0.1, -0.05) is 55.3 Å². The number of rotatable bonds is 6. The van der Waals surface area contributed by atoms with Crippen LogP contribution in [-0.4, -0.2) is 29.8 Å². The first-order valence-electron chi connectivity index (χ1n) is 9.26. The zero-order valence-corrected chi connectivity index (χ0v) is 15.3. The molecule has 140 valence electrons. The molecule has 1 atom stereocenters. The zero-order chi connectivity index (χ0) is 19.2. The highest BCUT2D eigenvalue weighted by molar-refractivity contribution is 6.09. The summed E-state index contributed by atoms with van der Waals surface area (Å²) in [6.45, 7) is 1.56. The first kappa shape index (κ1) is 18.8. The molecule has 1 fully saturated rings. The van der Waals surface area contributed by atoms with Crippen molar-refractivity contribution >= 4 is 17.7 Å². The van der Waals surface area contributed by atoms with Crippen LogP contribution in [0.2, 0.25) is 0 Å². The van der Waals surface area contributed by atoms with Crippen LogP contribution in [0.1, 0.15) is 58.9 Å². The van der Waals surface area contributed by atoms with Crippen LogP contribution >= 0.6 is 0 Å². The van der Waals surface area contributed by atoms with E-state index in [0.717, 1.165) is 25.7 Å². The van der Waals surface area contributed by atoms with Gasteiger partial charge in [0.25, 0.3) is 5.91 Å². The Morgan fingerprint density at radius 2 is 1.44 bits per heavy atom. The van der Waals surface area contributed by atoms with Gasteiger partial charge in [-0.3, -0.25) is 9.59 Å². The zero-order valence-electron chi connectivity index (χ0n) is 15.3. The Balaban J connectivity index is 1.58. The quantitative estimate of drug-likeness (QED) is 0.628. The van der Waals surface area contributed by atoms with Crippen molar-refractivity contribution in [1.82, 2.24) is 5.32 Å². The number of esters is 1. The second-order valence-electron chi connectivity index (χ2n) is 6.81. The molecule has 3 rings (SSSR count). The van der Waals surface area contributed by atoms with Gasteiger partial charge in [-0.25, -0.2) is 4.79 Å². The summed E-state index contributed by atoms with van der Waals surface area (Å²) >= 11 is 0. The molecule has 0 heterocycles. The monoisotopic (exact) mass is 365 g/mol. The van der Waals surface area contributed by atoms with Crippen LogP contribution in [-0.2, 0) is 9.53 Å². The van der Waals surface area contributed by atoms with E-state index in [0.29, 0.717) is 16.7 Å². The van der Waals surface area contributed by atoms with Crippen molar-refractivity contribution in [2.45, 2.75) is 44.8 Å². The lowest BCUT2D eigenvalue weighted by Gasteiger charge is -2.17. The molecule has 0 bridgehead atoms. The van der Waals surface area contributed by atoms with Gasteiger partial charge >= 0.3 is 5.97 Å². The summed E-state index contributed by atoms with van der Waals surface area (Å²) in [5.74, 6) is -0.964. The van der Waals surface area contributed by atoms with E-state index in [9.17, 15) is 14.4 Å². The van der Waals surface area contributed by atoms with Crippen LogP contribution in [0.15, 0.2) is 54.6 Å². The molecule has 0 unspecified atom stereocenters. The maximum Gasteiger partial charge on any atom is 0.338 e. The summed E-state index contributed by atoms with van der Waals surface area (Å²) in [4.78, 5) is 36.8. The number of carbonyl (C=O) groups is 3. The van der Waals surface area contributed by atoms with Crippen LogP contribution in [0.25, 0.3) is 0 Å². The van der Waals surface area contributed by atoms with Gasteiger partial charge in [0.1, 0.15) is 0 Å². The van der Waals surface area contributed by atoms with Crippen LogP contribution in [0, 0.1) is 0 Å². The predicted octanol–water partition coefficient (Wildman–Crippen LogP) is 3.52. The van der Waals surface area contributed by atoms with Crippen molar-refractivity contribution in [2.75, 3.05) is 0 Å². The van der Waals surface area contributed by atoms with Gasteiger partial charge < -0.3 is 10.1 Å². The van der Waals surface area contributed by atoms with Gasteiger partial charge in [0.2, 0.25) is 0 Å².